The average Bonchev–Trinajstić information content (AvgIpc) is 2.78. The zero-order valence-electron chi connectivity index (χ0n) is 9.81. The molecule has 0 aliphatic carbocycles. The number of hydrogen-bond acceptors (Lipinski definition) is 4. The molecule has 0 aliphatic rings. The number of anilines is 1. The Morgan fingerprint density at radius 3 is 2.74 bits per heavy atom. The number of amides is 1. The van der Waals surface area contributed by atoms with Crippen molar-refractivity contribution in [3.05, 3.63) is 46.6 Å². The molecule has 0 unspecified atom stereocenters. The Labute approximate surface area is 113 Å². The van der Waals surface area contributed by atoms with Crippen LogP contribution in [0, 0.1) is 6.92 Å². The Balaban J connectivity index is 2.28. The van der Waals surface area contributed by atoms with E-state index >= 15 is 0 Å². The first-order chi connectivity index (χ1) is 8.99. The molecule has 2 rings (SSSR count). The van der Waals surface area contributed by atoms with Gasteiger partial charge in [-0.1, -0.05) is 11.6 Å². The van der Waals surface area contributed by atoms with Crippen molar-refractivity contribution in [3.8, 4) is 0 Å². The molecule has 98 valence electrons. The largest absolute Gasteiger partial charge is 0.478 e. The fourth-order valence-corrected chi connectivity index (χ4v) is 1.62. The lowest BCUT2D eigenvalue weighted by atomic mass is 10.2. The van der Waals surface area contributed by atoms with Gasteiger partial charge in [0, 0.05) is 0 Å². The number of benzene rings is 1. The number of nitrogens with one attached hydrogen (secondary N) is 1. The van der Waals surface area contributed by atoms with Crippen molar-refractivity contribution >= 4 is 29.2 Å². The van der Waals surface area contributed by atoms with Crippen LogP contribution in [-0.2, 0) is 0 Å². The van der Waals surface area contributed by atoms with Crippen LogP contribution < -0.4 is 5.32 Å². The molecule has 0 fully saturated rings. The summed E-state index contributed by atoms with van der Waals surface area (Å²) in [5.74, 6) is -1.60. The minimum Gasteiger partial charge on any atom is -0.478 e. The number of halogens is 1. The number of carboxylic acid groups (broad SMARTS) is 1. The highest BCUT2D eigenvalue weighted by atomic mass is 35.5. The SMILES string of the molecule is Cc1ncoc1C(=O)Nc1cc(C(=O)O)ccc1Cl. The second-order valence-corrected chi connectivity index (χ2v) is 4.13. The van der Waals surface area contributed by atoms with Crippen molar-refractivity contribution in [3.63, 3.8) is 0 Å². The molecule has 1 amide bonds. The van der Waals surface area contributed by atoms with Gasteiger partial charge in [-0.3, -0.25) is 4.79 Å². The molecule has 0 spiro atoms. The highest BCUT2D eigenvalue weighted by Crippen LogP contribution is 2.24. The molecule has 7 heteroatoms. The number of nitrogens with zero attached hydrogens (tertiary/aromatic N) is 1. The van der Waals surface area contributed by atoms with Crippen LogP contribution in [0.25, 0.3) is 0 Å². The lowest BCUT2D eigenvalue weighted by Gasteiger charge is -2.06. The zero-order valence-corrected chi connectivity index (χ0v) is 10.6. The van der Waals surface area contributed by atoms with Crippen LogP contribution in [-0.4, -0.2) is 22.0 Å². The summed E-state index contributed by atoms with van der Waals surface area (Å²) in [6.45, 7) is 1.62. The summed E-state index contributed by atoms with van der Waals surface area (Å²) in [6.07, 6.45) is 1.15. The van der Waals surface area contributed by atoms with E-state index in [-0.39, 0.29) is 22.0 Å². The number of hydrogen-bond donors (Lipinski definition) is 2. The molecule has 0 radical (unpaired) electrons. The maximum atomic E-state index is 11.9. The minimum atomic E-state index is -1.11. The van der Waals surface area contributed by atoms with Crippen LogP contribution >= 0.6 is 11.6 Å². The average molecular weight is 281 g/mol. The summed E-state index contributed by atoms with van der Waals surface area (Å²) < 4.78 is 4.93. The highest BCUT2D eigenvalue weighted by Gasteiger charge is 2.16. The van der Waals surface area contributed by atoms with E-state index in [9.17, 15) is 9.59 Å². The van der Waals surface area contributed by atoms with Crippen molar-refractivity contribution in [2.24, 2.45) is 0 Å². The van der Waals surface area contributed by atoms with Crippen molar-refractivity contribution in [2.75, 3.05) is 5.32 Å². The van der Waals surface area contributed by atoms with E-state index in [1.807, 2.05) is 0 Å². The standard InChI is InChI=1S/C12H9ClN2O4/c1-6-10(19-5-14-6)11(16)15-9-4-7(12(17)18)2-3-8(9)13/h2-5H,1H3,(H,15,16)(H,17,18). The summed E-state index contributed by atoms with van der Waals surface area (Å²) in [7, 11) is 0. The molecule has 6 nitrogen and oxygen atoms in total. The number of carbonyl (C=O) groups excluding carboxylic acids is 1. The van der Waals surface area contributed by atoms with E-state index in [0.29, 0.717) is 5.69 Å². The van der Waals surface area contributed by atoms with E-state index in [4.69, 9.17) is 21.1 Å². The van der Waals surface area contributed by atoms with Gasteiger partial charge in [-0.2, -0.15) is 0 Å². The van der Waals surface area contributed by atoms with Gasteiger partial charge in [0.1, 0.15) is 0 Å². The maximum absolute atomic E-state index is 11.9. The van der Waals surface area contributed by atoms with E-state index in [1.165, 1.54) is 18.2 Å². The molecule has 1 aromatic carbocycles. The van der Waals surface area contributed by atoms with Crippen molar-refractivity contribution in [1.82, 2.24) is 4.98 Å². The highest BCUT2D eigenvalue weighted by molar-refractivity contribution is 6.34. The van der Waals surface area contributed by atoms with Gasteiger partial charge >= 0.3 is 5.97 Å². The molecule has 1 aromatic heterocycles. The summed E-state index contributed by atoms with van der Waals surface area (Å²) in [5.41, 5.74) is 0.652. The number of carboxylic acids is 1. The van der Waals surface area contributed by atoms with E-state index in [1.54, 1.807) is 6.92 Å². The molecule has 0 aliphatic heterocycles. The third kappa shape index (κ3) is 2.74. The van der Waals surface area contributed by atoms with Crippen molar-refractivity contribution < 1.29 is 19.1 Å². The third-order valence-electron chi connectivity index (χ3n) is 2.41. The van der Waals surface area contributed by atoms with Gasteiger partial charge in [0.25, 0.3) is 5.91 Å². The van der Waals surface area contributed by atoms with Crippen LogP contribution in [0.5, 0.6) is 0 Å². The molecule has 0 atom stereocenters. The second kappa shape index (κ2) is 5.11. The van der Waals surface area contributed by atoms with Gasteiger partial charge in [-0.25, -0.2) is 9.78 Å². The molecule has 0 saturated heterocycles. The summed E-state index contributed by atoms with van der Waals surface area (Å²) in [4.78, 5) is 26.5. The lowest BCUT2D eigenvalue weighted by molar-refractivity contribution is 0.0696. The summed E-state index contributed by atoms with van der Waals surface area (Å²) in [5, 5.41) is 11.6. The summed E-state index contributed by atoms with van der Waals surface area (Å²) >= 11 is 5.89. The van der Waals surface area contributed by atoms with Gasteiger partial charge in [-0.15, -0.1) is 0 Å². The maximum Gasteiger partial charge on any atom is 0.335 e. The predicted octanol–water partition coefficient (Wildman–Crippen LogP) is 2.59. The molecule has 0 saturated carbocycles. The Morgan fingerprint density at radius 2 is 2.16 bits per heavy atom. The number of carbonyl (C=O) groups is 2. The van der Waals surface area contributed by atoms with Gasteiger partial charge in [0.15, 0.2) is 6.39 Å². The number of rotatable bonds is 3. The number of aromatic nitrogens is 1. The van der Waals surface area contributed by atoms with Crippen LogP contribution in [0.1, 0.15) is 26.6 Å². The summed E-state index contributed by atoms with van der Waals surface area (Å²) in [6, 6.07) is 4.02. The van der Waals surface area contributed by atoms with Crippen molar-refractivity contribution in [1.29, 1.82) is 0 Å². The molecule has 2 aromatic rings. The topological polar surface area (TPSA) is 92.4 Å². The van der Waals surface area contributed by atoms with E-state index in [2.05, 4.69) is 10.3 Å². The normalized spacial score (nSPS) is 10.2. The van der Waals surface area contributed by atoms with Crippen molar-refractivity contribution in [2.45, 2.75) is 6.92 Å². The van der Waals surface area contributed by atoms with Crippen LogP contribution in [0.15, 0.2) is 29.0 Å². The van der Waals surface area contributed by atoms with E-state index < -0.39 is 11.9 Å². The fraction of sp³-hybridized carbons (Fsp3) is 0.0833. The Bertz CT molecular complexity index is 651. The fourth-order valence-electron chi connectivity index (χ4n) is 1.45. The molecule has 19 heavy (non-hydrogen) atoms. The van der Waals surface area contributed by atoms with Gasteiger partial charge in [0.2, 0.25) is 5.76 Å². The van der Waals surface area contributed by atoms with Gasteiger partial charge in [-0.05, 0) is 25.1 Å². The molecule has 0 bridgehead atoms. The quantitative estimate of drug-likeness (QED) is 0.901. The minimum absolute atomic E-state index is 0.0222. The van der Waals surface area contributed by atoms with Gasteiger partial charge in [0.05, 0.1) is 22.0 Å². The molecular formula is C12H9ClN2O4. The first kappa shape index (κ1) is 13.1. The predicted molar refractivity (Wildman–Crippen MR) is 67.6 cm³/mol. The zero-order chi connectivity index (χ0) is 14.0. The lowest BCUT2D eigenvalue weighted by Crippen LogP contribution is -2.13. The van der Waals surface area contributed by atoms with Gasteiger partial charge < -0.3 is 14.8 Å². The monoisotopic (exact) mass is 280 g/mol. The Morgan fingerprint density at radius 1 is 1.42 bits per heavy atom. The second-order valence-electron chi connectivity index (χ2n) is 3.72. The Kier molecular flexibility index (Phi) is 3.52. The first-order valence-corrected chi connectivity index (χ1v) is 5.61. The Hall–Kier alpha value is -2.34. The molecule has 2 N–H and O–H groups in total. The first-order valence-electron chi connectivity index (χ1n) is 5.23. The molecule has 1 heterocycles. The van der Waals surface area contributed by atoms with E-state index in [0.717, 1.165) is 6.39 Å². The molecular weight excluding hydrogens is 272 g/mol. The number of aromatic carboxylic acids is 1. The van der Waals surface area contributed by atoms with Crippen LogP contribution in [0.4, 0.5) is 5.69 Å². The smallest absolute Gasteiger partial charge is 0.335 e. The number of oxazole rings is 1. The number of aryl methyl sites for hydroxylation is 1. The van der Waals surface area contributed by atoms with Crippen LogP contribution in [0.3, 0.4) is 0 Å². The van der Waals surface area contributed by atoms with Crippen LogP contribution in [0.2, 0.25) is 5.02 Å². The third-order valence-corrected chi connectivity index (χ3v) is 2.74.